The standard InChI is InChI=1S/C9H9F3N2O2S2/c10-5-3-6(11)9(7(12)4-5)18(15,16)14-2-1-8(13)17/h3-4,14H,1-2H2,(H2,13,17). The van der Waals surface area contributed by atoms with Crippen LogP contribution in [0.1, 0.15) is 6.42 Å². The third kappa shape index (κ3) is 3.65. The first-order valence-corrected chi connectivity index (χ1v) is 6.55. The van der Waals surface area contributed by atoms with Crippen LogP contribution in [0, 0.1) is 17.5 Å². The van der Waals surface area contributed by atoms with Gasteiger partial charge in [-0.1, -0.05) is 12.2 Å². The lowest BCUT2D eigenvalue weighted by Gasteiger charge is -2.08. The number of benzene rings is 1. The molecule has 0 unspecified atom stereocenters. The summed E-state index contributed by atoms with van der Waals surface area (Å²) in [5.74, 6) is -4.21. The van der Waals surface area contributed by atoms with Crippen molar-refractivity contribution in [2.75, 3.05) is 6.54 Å². The maximum Gasteiger partial charge on any atom is 0.246 e. The lowest BCUT2D eigenvalue weighted by Crippen LogP contribution is -2.29. The van der Waals surface area contributed by atoms with Crippen LogP contribution in [0.5, 0.6) is 0 Å². The van der Waals surface area contributed by atoms with Gasteiger partial charge in [0.15, 0.2) is 4.90 Å². The molecule has 0 aromatic heterocycles. The number of nitrogens with one attached hydrogen (secondary N) is 1. The van der Waals surface area contributed by atoms with Crippen LogP contribution in [0.25, 0.3) is 0 Å². The number of thiocarbonyl (C=S) groups is 1. The third-order valence-electron chi connectivity index (χ3n) is 1.90. The van der Waals surface area contributed by atoms with Gasteiger partial charge in [0.2, 0.25) is 10.0 Å². The van der Waals surface area contributed by atoms with Crippen molar-refractivity contribution in [2.24, 2.45) is 5.73 Å². The summed E-state index contributed by atoms with van der Waals surface area (Å²) in [7, 11) is -4.42. The van der Waals surface area contributed by atoms with Gasteiger partial charge in [-0.05, 0) is 0 Å². The van der Waals surface area contributed by atoms with Crippen LogP contribution in [-0.4, -0.2) is 20.0 Å². The number of nitrogens with two attached hydrogens (primary N) is 1. The fourth-order valence-corrected chi connectivity index (χ4v) is 2.41. The lowest BCUT2D eigenvalue weighted by atomic mass is 10.3. The van der Waals surface area contributed by atoms with E-state index in [0.717, 1.165) is 0 Å². The van der Waals surface area contributed by atoms with Gasteiger partial charge in [0, 0.05) is 25.1 Å². The van der Waals surface area contributed by atoms with E-state index in [9.17, 15) is 21.6 Å². The minimum atomic E-state index is -4.42. The molecule has 3 N–H and O–H groups in total. The zero-order valence-electron chi connectivity index (χ0n) is 8.91. The summed E-state index contributed by atoms with van der Waals surface area (Å²) >= 11 is 4.51. The van der Waals surface area contributed by atoms with Crippen molar-refractivity contribution in [1.29, 1.82) is 0 Å². The van der Waals surface area contributed by atoms with E-state index >= 15 is 0 Å². The predicted molar refractivity (Wildman–Crippen MR) is 62.9 cm³/mol. The van der Waals surface area contributed by atoms with Crippen molar-refractivity contribution in [2.45, 2.75) is 11.3 Å². The Balaban J connectivity index is 3.02. The maximum absolute atomic E-state index is 13.2. The topological polar surface area (TPSA) is 72.2 Å². The third-order valence-corrected chi connectivity index (χ3v) is 3.61. The summed E-state index contributed by atoms with van der Waals surface area (Å²) in [5.41, 5.74) is 5.14. The molecule has 0 saturated carbocycles. The molecule has 18 heavy (non-hydrogen) atoms. The van der Waals surface area contributed by atoms with Gasteiger partial charge in [-0.2, -0.15) is 0 Å². The first-order chi connectivity index (χ1) is 8.24. The van der Waals surface area contributed by atoms with Crippen LogP contribution >= 0.6 is 12.2 Å². The summed E-state index contributed by atoms with van der Waals surface area (Å²) in [4.78, 5) is -1.18. The molecular formula is C9H9F3N2O2S2. The van der Waals surface area contributed by atoms with E-state index < -0.39 is 32.4 Å². The van der Waals surface area contributed by atoms with Crippen LogP contribution < -0.4 is 10.5 Å². The van der Waals surface area contributed by atoms with Crippen molar-refractivity contribution in [3.8, 4) is 0 Å². The zero-order valence-corrected chi connectivity index (χ0v) is 10.5. The van der Waals surface area contributed by atoms with Gasteiger partial charge in [-0.25, -0.2) is 26.3 Å². The second-order valence-electron chi connectivity index (χ2n) is 3.31. The van der Waals surface area contributed by atoms with Gasteiger partial charge < -0.3 is 5.73 Å². The SMILES string of the molecule is NC(=S)CCNS(=O)(=O)c1c(F)cc(F)cc1F. The Hall–Kier alpha value is -1.19. The maximum atomic E-state index is 13.2. The molecule has 0 bridgehead atoms. The Morgan fingerprint density at radius 3 is 2.22 bits per heavy atom. The number of hydrogen-bond donors (Lipinski definition) is 2. The van der Waals surface area contributed by atoms with Crippen molar-refractivity contribution in [3.63, 3.8) is 0 Å². The highest BCUT2D eigenvalue weighted by molar-refractivity contribution is 7.89. The van der Waals surface area contributed by atoms with Crippen molar-refractivity contribution in [3.05, 3.63) is 29.6 Å². The van der Waals surface area contributed by atoms with Gasteiger partial charge >= 0.3 is 0 Å². The smallest absolute Gasteiger partial charge is 0.246 e. The molecule has 9 heteroatoms. The number of sulfonamides is 1. The zero-order chi connectivity index (χ0) is 13.9. The fraction of sp³-hybridized carbons (Fsp3) is 0.222. The highest BCUT2D eigenvalue weighted by Crippen LogP contribution is 2.19. The molecule has 0 atom stereocenters. The molecule has 100 valence electrons. The number of halogens is 3. The Kier molecular flexibility index (Phi) is 4.65. The molecule has 0 aliphatic rings. The number of rotatable bonds is 5. The van der Waals surface area contributed by atoms with Gasteiger partial charge in [0.1, 0.15) is 17.5 Å². The summed E-state index contributed by atoms with van der Waals surface area (Å²) in [6.07, 6.45) is 0.0407. The van der Waals surface area contributed by atoms with Crippen molar-refractivity contribution >= 4 is 27.2 Å². The van der Waals surface area contributed by atoms with Crippen LogP contribution in [0.2, 0.25) is 0 Å². The lowest BCUT2D eigenvalue weighted by molar-refractivity contribution is 0.494. The van der Waals surface area contributed by atoms with E-state index in [-0.39, 0.29) is 30.1 Å². The second-order valence-corrected chi connectivity index (χ2v) is 5.54. The molecule has 0 spiro atoms. The van der Waals surface area contributed by atoms with Crippen molar-refractivity contribution < 1.29 is 21.6 Å². The molecule has 0 heterocycles. The molecule has 0 fully saturated rings. The first kappa shape index (κ1) is 14.9. The van der Waals surface area contributed by atoms with E-state index in [2.05, 4.69) is 12.2 Å². The molecule has 0 amide bonds. The fourth-order valence-electron chi connectivity index (χ4n) is 1.17. The predicted octanol–water partition coefficient (Wildman–Crippen LogP) is 1.06. The van der Waals surface area contributed by atoms with Crippen LogP contribution in [0.15, 0.2) is 17.0 Å². The van der Waals surface area contributed by atoms with Crippen LogP contribution in [-0.2, 0) is 10.0 Å². The molecule has 0 saturated heterocycles. The Morgan fingerprint density at radius 2 is 1.78 bits per heavy atom. The molecule has 4 nitrogen and oxygen atoms in total. The van der Waals surface area contributed by atoms with E-state index in [1.54, 1.807) is 0 Å². The Bertz CT molecular complexity index is 552. The number of hydrogen-bond acceptors (Lipinski definition) is 3. The summed E-state index contributed by atoms with van der Waals surface area (Å²) < 4.78 is 64.2. The molecule has 1 aromatic rings. The molecular weight excluding hydrogens is 289 g/mol. The van der Waals surface area contributed by atoms with E-state index in [4.69, 9.17) is 5.73 Å². The average Bonchev–Trinajstić information content (AvgIpc) is 2.13. The quantitative estimate of drug-likeness (QED) is 0.797. The van der Waals surface area contributed by atoms with Crippen LogP contribution in [0.4, 0.5) is 13.2 Å². The van der Waals surface area contributed by atoms with Gasteiger partial charge in [0.05, 0.1) is 4.99 Å². The van der Waals surface area contributed by atoms with Crippen LogP contribution in [0.3, 0.4) is 0 Å². The van der Waals surface area contributed by atoms with E-state index in [0.29, 0.717) is 0 Å². The van der Waals surface area contributed by atoms with E-state index in [1.807, 2.05) is 4.72 Å². The largest absolute Gasteiger partial charge is 0.393 e. The molecule has 1 aromatic carbocycles. The second kappa shape index (κ2) is 5.63. The molecule has 1 rings (SSSR count). The minimum Gasteiger partial charge on any atom is -0.393 e. The minimum absolute atomic E-state index is 0.0407. The summed E-state index contributed by atoms with van der Waals surface area (Å²) in [6.45, 7) is -0.200. The normalized spacial score (nSPS) is 11.5. The molecule has 0 aliphatic heterocycles. The average molecular weight is 298 g/mol. The molecule has 0 aliphatic carbocycles. The Labute approximate surface area is 107 Å². The van der Waals surface area contributed by atoms with Gasteiger partial charge in [0.25, 0.3) is 0 Å². The first-order valence-electron chi connectivity index (χ1n) is 4.66. The van der Waals surface area contributed by atoms with E-state index in [1.165, 1.54) is 0 Å². The Morgan fingerprint density at radius 1 is 1.28 bits per heavy atom. The van der Waals surface area contributed by atoms with Gasteiger partial charge in [-0.3, -0.25) is 0 Å². The highest BCUT2D eigenvalue weighted by atomic mass is 32.2. The summed E-state index contributed by atoms with van der Waals surface area (Å²) in [5, 5.41) is 0. The summed E-state index contributed by atoms with van der Waals surface area (Å²) in [6, 6.07) is 0.566. The molecule has 0 radical (unpaired) electrons. The van der Waals surface area contributed by atoms with Gasteiger partial charge in [-0.15, -0.1) is 0 Å². The monoisotopic (exact) mass is 298 g/mol. The van der Waals surface area contributed by atoms with Crippen molar-refractivity contribution in [1.82, 2.24) is 4.72 Å². The highest BCUT2D eigenvalue weighted by Gasteiger charge is 2.24.